The lowest BCUT2D eigenvalue weighted by Crippen LogP contribution is -2.29. The van der Waals surface area contributed by atoms with E-state index in [4.69, 9.17) is 0 Å². The van der Waals surface area contributed by atoms with Crippen LogP contribution < -0.4 is 5.32 Å². The number of hydrogen-bond acceptors (Lipinski definition) is 3. The molecule has 1 aliphatic heterocycles. The molecule has 14 heavy (non-hydrogen) atoms. The molecule has 1 aromatic carbocycles. The van der Waals surface area contributed by atoms with E-state index in [1.807, 2.05) is 37.3 Å². The number of aliphatic hydroxyl groups is 2. The molecule has 0 spiro atoms. The molecule has 0 radical (unpaired) electrons. The minimum absolute atomic E-state index is 0.0600. The van der Waals surface area contributed by atoms with Crippen LogP contribution in [0.5, 0.6) is 0 Å². The van der Waals surface area contributed by atoms with E-state index in [1.165, 1.54) is 0 Å². The monoisotopic (exact) mass is 193 g/mol. The Morgan fingerprint density at radius 2 is 1.71 bits per heavy atom. The smallest absolute Gasteiger partial charge is 0.101 e. The van der Waals surface area contributed by atoms with Gasteiger partial charge in [0.1, 0.15) is 6.10 Å². The van der Waals surface area contributed by atoms with Gasteiger partial charge in [-0.05, 0) is 12.5 Å². The summed E-state index contributed by atoms with van der Waals surface area (Å²) in [6.07, 6.45) is -1.40. The zero-order chi connectivity index (χ0) is 10.1. The van der Waals surface area contributed by atoms with Crippen LogP contribution in [-0.4, -0.2) is 28.5 Å². The molecule has 1 saturated heterocycles. The van der Waals surface area contributed by atoms with Crippen LogP contribution in [0.15, 0.2) is 30.3 Å². The second kappa shape index (κ2) is 3.69. The number of aliphatic hydroxyl groups excluding tert-OH is 2. The van der Waals surface area contributed by atoms with Gasteiger partial charge in [0.25, 0.3) is 0 Å². The van der Waals surface area contributed by atoms with Crippen molar-refractivity contribution in [2.24, 2.45) is 0 Å². The third kappa shape index (κ3) is 1.54. The van der Waals surface area contributed by atoms with Crippen molar-refractivity contribution >= 4 is 0 Å². The van der Waals surface area contributed by atoms with Crippen LogP contribution in [0.4, 0.5) is 0 Å². The zero-order valence-electron chi connectivity index (χ0n) is 8.09. The van der Waals surface area contributed by atoms with Gasteiger partial charge >= 0.3 is 0 Å². The van der Waals surface area contributed by atoms with Crippen LogP contribution in [0.25, 0.3) is 0 Å². The SMILES string of the molecule is C[C@@H]1NC(c2ccccc2)[C@H](O)[C@@H]1O. The average Bonchev–Trinajstić information content (AvgIpc) is 2.47. The predicted molar refractivity (Wildman–Crippen MR) is 53.8 cm³/mol. The fraction of sp³-hybridized carbons (Fsp3) is 0.455. The summed E-state index contributed by atoms with van der Waals surface area (Å²) in [5, 5.41) is 22.5. The maximum Gasteiger partial charge on any atom is 0.101 e. The van der Waals surface area contributed by atoms with Gasteiger partial charge in [0.2, 0.25) is 0 Å². The first kappa shape index (κ1) is 9.65. The molecule has 1 unspecified atom stereocenters. The molecular formula is C11H15NO2. The van der Waals surface area contributed by atoms with Gasteiger partial charge < -0.3 is 15.5 Å². The average molecular weight is 193 g/mol. The standard InChI is InChI=1S/C11H15NO2/c1-7-10(13)11(14)9(12-7)8-5-3-2-4-6-8/h2-7,9-14H,1H3/t7-,9?,10+,11-/m0/s1. The first-order valence-corrected chi connectivity index (χ1v) is 4.87. The first-order chi connectivity index (χ1) is 6.70. The molecule has 3 nitrogen and oxygen atoms in total. The van der Waals surface area contributed by atoms with Crippen molar-refractivity contribution in [1.82, 2.24) is 5.32 Å². The van der Waals surface area contributed by atoms with E-state index in [0.29, 0.717) is 0 Å². The minimum atomic E-state index is -0.715. The van der Waals surface area contributed by atoms with Gasteiger partial charge in [-0.25, -0.2) is 0 Å². The van der Waals surface area contributed by atoms with Gasteiger partial charge in [-0.15, -0.1) is 0 Å². The highest BCUT2D eigenvalue weighted by atomic mass is 16.3. The quantitative estimate of drug-likeness (QED) is 0.606. The van der Waals surface area contributed by atoms with E-state index in [-0.39, 0.29) is 12.1 Å². The first-order valence-electron chi connectivity index (χ1n) is 4.87. The van der Waals surface area contributed by atoms with E-state index in [2.05, 4.69) is 5.32 Å². The molecule has 76 valence electrons. The lowest BCUT2D eigenvalue weighted by atomic mass is 10.0. The Morgan fingerprint density at radius 1 is 1.07 bits per heavy atom. The number of nitrogens with one attached hydrogen (secondary N) is 1. The maximum absolute atomic E-state index is 9.77. The molecule has 4 atom stereocenters. The Balaban J connectivity index is 2.21. The van der Waals surface area contributed by atoms with Crippen molar-refractivity contribution in [2.75, 3.05) is 0 Å². The molecule has 3 heteroatoms. The lowest BCUT2D eigenvalue weighted by molar-refractivity contribution is 0.0301. The van der Waals surface area contributed by atoms with Crippen molar-refractivity contribution in [3.05, 3.63) is 35.9 Å². The second-order valence-corrected chi connectivity index (χ2v) is 3.82. The van der Waals surface area contributed by atoms with Crippen LogP contribution in [-0.2, 0) is 0 Å². The molecule has 0 aliphatic carbocycles. The molecule has 0 saturated carbocycles. The minimum Gasteiger partial charge on any atom is -0.389 e. The molecule has 1 aliphatic rings. The van der Waals surface area contributed by atoms with E-state index in [1.54, 1.807) is 0 Å². The summed E-state index contributed by atoms with van der Waals surface area (Å²) in [5.41, 5.74) is 1.02. The van der Waals surface area contributed by atoms with Gasteiger partial charge in [-0.1, -0.05) is 30.3 Å². The van der Waals surface area contributed by atoms with Crippen LogP contribution in [0.2, 0.25) is 0 Å². The highest BCUT2D eigenvalue weighted by Crippen LogP contribution is 2.26. The Morgan fingerprint density at radius 3 is 2.21 bits per heavy atom. The van der Waals surface area contributed by atoms with Crippen LogP contribution in [0, 0.1) is 0 Å². The Bertz CT molecular complexity index is 301. The number of hydrogen-bond donors (Lipinski definition) is 3. The van der Waals surface area contributed by atoms with Crippen LogP contribution in [0.1, 0.15) is 18.5 Å². The lowest BCUT2D eigenvalue weighted by Gasteiger charge is -2.15. The fourth-order valence-electron chi connectivity index (χ4n) is 1.93. The molecule has 3 N–H and O–H groups in total. The van der Waals surface area contributed by atoms with Crippen molar-refractivity contribution in [2.45, 2.75) is 31.2 Å². The molecule has 0 amide bonds. The van der Waals surface area contributed by atoms with E-state index in [9.17, 15) is 10.2 Å². The molecule has 2 rings (SSSR count). The van der Waals surface area contributed by atoms with E-state index >= 15 is 0 Å². The highest BCUT2D eigenvalue weighted by Gasteiger charge is 2.38. The van der Waals surface area contributed by atoms with E-state index in [0.717, 1.165) is 5.56 Å². The summed E-state index contributed by atoms with van der Waals surface area (Å²) < 4.78 is 0. The predicted octanol–water partition coefficient (Wildman–Crippen LogP) is 0.441. The molecule has 1 heterocycles. The van der Waals surface area contributed by atoms with Gasteiger partial charge in [-0.2, -0.15) is 0 Å². The fourth-order valence-corrected chi connectivity index (χ4v) is 1.93. The summed E-state index contributed by atoms with van der Waals surface area (Å²) >= 11 is 0. The normalized spacial score (nSPS) is 37.4. The van der Waals surface area contributed by atoms with Gasteiger partial charge in [0.15, 0.2) is 0 Å². The summed E-state index contributed by atoms with van der Waals surface area (Å²) in [6, 6.07) is 9.48. The molecule has 0 bridgehead atoms. The molecular weight excluding hydrogens is 178 g/mol. The van der Waals surface area contributed by atoms with Crippen LogP contribution >= 0.6 is 0 Å². The summed E-state index contributed by atoms with van der Waals surface area (Å²) in [5.74, 6) is 0. The molecule has 0 aromatic heterocycles. The van der Waals surface area contributed by atoms with Gasteiger partial charge in [-0.3, -0.25) is 0 Å². The summed E-state index contributed by atoms with van der Waals surface area (Å²) in [6.45, 7) is 1.87. The maximum atomic E-state index is 9.77. The molecule has 1 fully saturated rings. The third-order valence-electron chi connectivity index (χ3n) is 2.80. The van der Waals surface area contributed by atoms with Crippen molar-refractivity contribution in [3.63, 3.8) is 0 Å². The molecule has 1 aromatic rings. The third-order valence-corrected chi connectivity index (χ3v) is 2.80. The Hall–Kier alpha value is -0.900. The van der Waals surface area contributed by atoms with Crippen LogP contribution in [0.3, 0.4) is 0 Å². The summed E-state index contributed by atoms with van der Waals surface area (Å²) in [7, 11) is 0. The van der Waals surface area contributed by atoms with Crippen molar-refractivity contribution in [1.29, 1.82) is 0 Å². The van der Waals surface area contributed by atoms with Gasteiger partial charge in [0.05, 0.1) is 12.1 Å². The summed E-state index contributed by atoms with van der Waals surface area (Å²) in [4.78, 5) is 0. The van der Waals surface area contributed by atoms with Crippen molar-refractivity contribution < 1.29 is 10.2 Å². The van der Waals surface area contributed by atoms with E-state index < -0.39 is 12.2 Å². The Kier molecular flexibility index (Phi) is 2.54. The zero-order valence-corrected chi connectivity index (χ0v) is 8.09. The number of benzene rings is 1. The second-order valence-electron chi connectivity index (χ2n) is 3.82. The van der Waals surface area contributed by atoms with Gasteiger partial charge in [0, 0.05) is 6.04 Å². The van der Waals surface area contributed by atoms with Crippen molar-refractivity contribution in [3.8, 4) is 0 Å². The highest BCUT2D eigenvalue weighted by molar-refractivity contribution is 5.22. The largest absolute Gasteiger partial charge is 0.389 e. The number of rotatable bonds is 1. The topological polar surface area (TPSA) is 52.5 Å². The Labute approximate surface area is 83.4 Å².